The first-order valence-corrected chi connectivity index (χ1v) is 4.67. The average molecular weight is 232 g/mol. The standard InChI is InChI=1S/C11H17NO2.ClH/c1-6-4-9(10(12)8(3)13)5-7(2)11(6)14;/h4-5,8,10,13-14H,12H2,1-3H3;1H/t8-,10-;/m1./s1. The van der Waals surface area contributed by atoms with E-state index in [1.54, 1.807) is 19.1 Å². The summed E-state index contributed by atoms with van der Waals surface area (Å²) in [5, 5.41) is 18.9. The van der Waals surface area contributed by atoms with Crippen molar-refractivity contribution in [3.63, 3.8) is 0 Å². The topological polar surface area (TPSA) is 66.5 Å². The van der Waals surface area contributed by atoms with Crippen molar-refractivity contribution in [3.8, 4) is 5.75 Å². The van der Waals surface area contributed by atoms with Crippen molar-refractivity contribution < 1.29 is 10.2 Å². The van der Waals surface area contributed by atoms with Crippen LogP contribution in [0.5, 0.6) is 5.75 Å². The predicted octanol–water partition coefficient (Wildman–Crippen LogP) is 1.81. The van der Waals surface area contributed by atoms with Crippen LogP contribution < -0.4 is 5.73 Å². The lowest BCUT2D eigenvalue weighted by molar-refractivity contribution is 0.164. The summed E-state index contributed by atoms with van der Waals surface area (Å²) in [7, 11) is 0. The third kappa shape index (κ3) is 3.09. The van der Waals surface area contributed by atoms with Crippen molar-refractivity contribution >= 4 is 12.4 Å². The fourth-order valence-electron chi connectivity index (χ4n) is 1.46. The second-order valence-corrected chi connectivity index (χ2v) is 3.77. The molecule has 0 saturated carbocycles. The van der Waals surface area contributed by atoms with Crippen molar-refractivity contribution in [2.45, 2.75) is 32.9 Å². The van der Waals surface area contributed by atoms with Crippen molar-refractivity contribution in [3.05, 3.63) is 28.8 Å². The van der Waals surface area contributed by atoms with Gasteiger partial charge in [-0.15, -0.1) is 12.4 Å². The smallest absolute Gasteiger partial charge is 0.121 e. The van der Waals surface area contributed by atoms with Gasteiger partial charge in [-0.25, -0.2) is 0 Å². The van der Waals surface area contributed by atoms with Gasteiger partial charge in [0.05, 0.1) is 12.1 Å². The van der Waals surface area contributed by atoms with Gasteiger partial charge in [0.25, 0.3) is 0 Å². The van der Waals surface area contributed by atoms with Crippen LogP contribution in [0.15, 0.2) is 12.1 Å². The lowest BCUT2D eigenvalue weighted by atomic mass is 9.98. The molecular formula is C11H18ClNO2. The van der Waals surface area contributed by atoms with Crippen LogP contribution in [0.25, 0.3) is 0 Å². The Balaban J connectivity index is 0.00000196. The summed E-state index contributed by atoms with van der Waals surface area (Å²) in [5.41, 5.74) is 8.22. The number of phenols is 1. The molecule has 4 N–H and O–H groups in total. The van der Waals surface area contributed by atoms with E-state index in [9.17, 15) is 10.2 Å². The highest BCUT2D eigenvalue weighted by Gasteiger charge is 2.14. The number of halogens is 1. The van der Waals surface area contributed by atoms with Gasteiger partial charge in [0.15, 0.2) is 0 Å². The molecule has 1 aromatic rings. The molecule has 2 atom stereocenters. The first kappa shape index (κ1) is 14.2. The second kappa shape index (κ2) is 5.35. The number of benzene rings is 1. The molecule has 4 heteroatoms. The van der Waals surface area contributed by atoms with Gasteiger partial charge in [-0.1, -0.05) is 12.1 Å². The van der Waals surface area contributed by atoms with E-state index in [4.69, 9.17) is 5.73 Å². The normalized spacial score (nSPS) is 14.2. The summed E-state index contributed by atoms with van der Waals surface area (Å²) < 4.78 is 0. The molecule has 0 aliphatic rings. The highest BCUT2D eigenvalue weighted by molar-refractivity contribution is 5.85. The van der Waals surface area contributed by atoms with Crippen LogP contribution >= 0.6 is 12.4 Å². The summed E-state index contributed by atoms with van der Waals surface area (Å²) in [4.78, 5) is 0. The van der Waals surface area contributed by atoms with Crippen LogP contribution in [0.2, 0.25) is 0 Å². The number of nitrogens with two attached hydrogens (primary N) is 1. The van der Waals surface area contributed by atoms with E-state index in [-0.39, 0.29) is 12.4 Å². The lowest BCUT2D eigenvalue weighted by Gasteiger charge is -2.17. The van der Waals surface area contributed by atoms with Crippen LogP contribution in [-0.2, 0) is 0 Å². The Morgan fingerprint density at radius 3 is 1.93 bits per heavy atom. The van der Waals surface area contributed by atoms with Gasteiger partial charge < -0.3 is 15.9 Å². The van der Waals surface area contributed by atoms with Gasteiger partial charge >= 0.3 is 0 Å². The highest BCUT2D eigenvalue weighted by Crippen LogP contribution is 2.26. The Hall–Kier alpha value is -0.770. The molecule has 0 unspecified atom stereocenters. The van der Waals surface area contributed by atoms with Crippen LogP contribution in [0.4, 0.5) is 0 Å². The number of aliphatic hydroxyl groups is 1. The molecule has 0 spiro atoms. The minimum Gasteiger partial charge on any atom is -0.507 e. The maximum Gasteiger partial charge on any atom is 0.121 e. The molecule has 1 aromatic carbocycles. The maximum atomic E-state index is 9.55. The van der Waals surface area contributed by atoms with Crippen molar-refractivity contribution in [1.82, 2.24) is 0 Å². The zero-order chi connectivity index (χ0) is 10.9. The molecule has 0 radical (unpaired) electrons. The van der Waals surface area contributed by atoms with Gasteiger partial charge in [0, 0.05) is 0 Å². The van der Waals surface area contributed by atoms with Gasteiger partial charge in [-0.2, -0.15) is 0 Å². The molecule has 86 valence electrons. The fraction of sp³-hybridized carbons (Fsp3) is 0.455. The lowest BCUT2D eigenvalue weighted by Crippen LogP contribution is -2.23. The molecule has 15 heavy (non-hydrogen) atoms. The summed E-state index contributed by atoms with van der Waals surface area (Å²) in [6.45, 7) is 5.30. The minimum atomic E-state index is -0.585. The van der Waals surface area contributed by atoms with Crippen molar-refractivity contribution in [1.29, 1.82) is 0 Å². The Morgan fingerprint density at radius 2 is 1.60 bits per heavy atom. The van der Waals surface area contributed by atoms with E-state index in [1.807, 2.05) is 13.8 Å². The third-order valence-electron chi connectivity index (χ3n) is 2.42. The monoisotopic (exact) mass is 231 g/mol. The molecule has 0 amide bonds. The molecule has 0 saturated heterocycles. The van der Waals surface area contributed by atoms with Gasteiger partial charge in [-0.3, -0.25) is 0 Å². The third-order valence-corrected chi connectivity index (χ3v) is 2.42. The molecule has 0 bridgehead atoms. The number of phenolic OH excluding ortho intramolecular Hbond substituents is 1. The summed E-state index contributed by atoms with van der Waals surface area (Å²) >= 11 is 0. The van der Waals surface area contributed by atoms with E-state index in [1.165, 1.54) is 0 Å². The van der Waals surface area contributed by atoms with Crippen LogP contribution in [0, 0.1) is 13.8 Å². The molecule has 0 aliphatic heterocycles. The van der Waals surface area contributed by atoms with E-state index in [0.717, 1.165) is 16.7 Å². The Kier molecular flexibility index (Phi) is 5.08. The van der Waals surface area contributed by atoms with E-state index in [2.05, 4.69) is 0 Å². The van der Waals surface area contributed by atoms with Gasteiger partial charge in [0.2, 0.25) is 0 Å². The second-order valence-electron chi connectivity index (χ2n) is 3.77. The average Bonchev–Trinajstić information content (AvgIpc) is 2.12. The van der Waals surface area contributed by atoms with Crippen LogP contribution in [0.1, 0.15) is 29.7 Å². The first-order valence-electron chi connectivity index (χ1n) is 4.67. The van der Waals surface area contributed by atoms with Crippen LogP contribution in [-0.4, -0.2) is 16.3 Å². The molecule has 0 heterocycles. The van der Waals surface area contributed by atoms with Crippen molar-refractivity contribution in [2.24, 2.45) is 5.73 Å². The van der Waals surface area contributed by atoms with E-state index < -0.39 is 12.1 Å². The molecule has 0 aromatic heterocycles. The van der Waals surface area contributed by atoms with Gasteiger partial charge in [0.1, 0.15) is 5.75 Å². The SMILES string of the molecule is Cc1cc([C@H](N)[C@@H](C)O)cc(C)c1O.Cl. The maximum absolute atomic E-state index is 9.55. The summed E-state index contributed by atoms with van der Waals surface area (Å²) in [6, 6.07) is 3.22. The Labute approximate surface area is 96.3 Å². The highest BCUT2D eigenvalue weighted by atomic mass is 35.5. The quantitative estimate of drug-likeness (QED) is 0.727. The number of aryl methyl sites for hydroxylation is 2. The minimum absolute atomic E-state index is 0. The molecular weight excluding hydrogens is 214 g/mol. The fourth-order valence-corrected chi connectivity index (χ4v) is 1.46. The largest absolute Gasteiger partial charge is 0.507 e. The van der Waals surface area contributed by atoms with E-state index in [0.29, 0.717) is 5.75 Å². The number of rotatable bonds is 2. The zero-order valence-corrected chi connectivity index (χ0v) is 10.0. The molecule has 0 fully saturated rings. The van der Waals surface area contributed by atoms with Gasteiger partial charge in [-0.05, 0) is 37.5 Å². The number of hydrogen-bond acceptors (Lipinski definition) is 3. The zero-order valence-electron chi connectivity index (χ0n) is 9.19. The van der Waals surface area contributed by atoms with Crippen molar-refractivity contribution in [2.75, 3.05) is 0 Å². The Bertz CT molecular complexity index is 316. The predicted molar refractivity (Wildman–Crippen MR) is 63.4 cm³/mol. The number of hydrogen-bond donors (Lipinski definition) is 3. The molecule has 3 nitrogen and oxygen atoms in total. The molecule has 0 aliphatic carbocycles. The Morgan fingerprint density at radius 1 is 1.20 bits per heavy atom. The first-order chi connectivity index (χ1) is 6.43. The summed E-state index contributed by atoms with van der Waals surface area (Å²) in [5.74, 6) is 0.298. The number of aromatic hydroxyl groups is 1. The summed E-state index contributed by atoms with van der Waals surface area (Å²) in [6.07, 6.45) is -0.585. The van der Waals surface area contributed by atoms with Crippen LogP contribution in [0.3, 0.4) is 0 Å². The molecule has 1 rings (SSSR count). The van der Waals surface area contributed by atoms with E-state index >= 15 is 0 Å². The number of aliphatic hydroxyl groups excluding tert-OH is 1.